The molecule has 210 valence electrons. The highest BCUT2D eigenvalue weighted by Gasteiger charge is 2.54. The lowest BCUT2D eigenvalue weighted by Crippen LogP contribution is -2.70. The Morgan fingerprint density at radius 2 is 1.95 bits per heavy atom. The van der Waals surface area contributed by atoms with Crippen molar-refractivity contribution in [3.8, 4) is 0 Å². The van der Waals surface area contributed by atoms with E-state index >= 15 is 0 Å². The van der Waals surface area contributed by atoms with Crippen molar-refractivity contribution in [3.05, 3.63) is 47.2 Å². The fourth-order valence-electron chi connectivity index (χ4n) is 4.13. The van der Waals surface area contributed by atoms with Gasteiger partial charge in [-0.3, -0.25) is 19.0 Å². The van der Waals surface area contributed by atoms with Crippen molar-refractivity contribution < 1.29 is 37.6 Å². The zero-order chi connectivity index (χ0) is 28.2. The molecule has 2 aliphatic heterocycles. The number of hydrogen-bond donors (Lipinski definition) is 4. The molecule has 0 saturated carbocycles. The van der Waals surface area contributed by atoms with Gasteiger partial charge in [-0.2, -0.15) is 8.42 Å². The number of carboxylic acid groups (broad SMARTS) is 1. The first-order chi connectivity index (χ1) is 18.6. The number of rotatable bonds is 13. The molecule has 0 aliphatic carbocycles. The lowest BCUT2D eigenvalue weighted by molar-refractivity contribution is -0.151. The summed E-state index contributed by atoms with van der Waals surface area (Å²) < 4.78 is 32.0. The lowest BCUT2D eigenvalue weighted by atomic mass is 10.0. The quantitative estimate of drug-likeness (QED) is 0.106. The molecule has 17 heteroatoms. The first kappa shape index (κ1) is 29.0. The first-order valence-electron chi connectivity index (χ1n) is 11.8. The normalized spacial score (nSPS) is 19.8. The average molecular weight is 599 g/mol. The first-order valence-corrected chi connectivity index (χ1v) is 15.5. The number of unbranched alkanes of at least 4 members (excludes halogenated alkanes) is 2. The third kappa shape index (κ3) is 6.96. The van der Waals surface area contributed by atoms with Crippen LogP contribution < -0.4 is 5.32 Å². The highest BCUT2D eigenvalue weighted by atomic mass is 32.2. The molecule has 0 bridgehead atoms. The van der Waals surface area contributed by atoms with Crippen LogP contribution in [0.3, 0.4) is 0 Å². The van der Waals surface area contributed by atoms with E-state index in [0.29, 0.717) is 47.9 Å². The third-order valence-electron chi connectivity index (χ3n) is 6.06. The molecule has 0 spiro atoms. The number of nitrogens with one attached hydrogen (secondary N) is 1. The third-order valence-corrected chi connectivity index (χ3v) is 9.25. The number of carboxylic acids is 1. The summed E-state index contributed by atoms with van der Waals surface area (Å²) in [5.41, 5.74) is 0.731. The number of aryl methyl sites for hydroxylation is 1. The monoisotopic (exact) mass is 598 g/mol. The minimum Gasteiger partial charge on any atom is -0.477 e. The van der Waals surface area contributed by atoms with Gasteiger partial charge in [0.05, 0.1) is 5.75 Å². The van der Waals surface area contributed by atoms with Gasteiger partial charge in [0.1, 0.15) is 17.1 Å². The van der Waals surface area contributed by atoms with E-state index in [1.165, 1.54) is 28.2 Å². The van der Waals surface area contributed by atoms with Crippen molar-refractivity contribution >= 4 is 51.4 Å². The van der Waals surface area contributed by atoms with E-state index in [1.807, 2.05) is 0 Å². The van der Waals surface area contributed by atoms with E-state index in [9.17, 15) is 33.0 Å². The lowest BCUT2D eigenvalue weighted by Gasteiger charge is -2.49. The Morgan fingerprint density at radius 3 is 2.64 bits per heavy atom. The maximum absolute atomic E-state index is 12.9. The number of aromatic nitrogens is 4. The summed E-state index contributed by atoms with van der Waals surface area (Å²) in [5.74, 6) is -2.40. The molecule has 3 atom stereocenters. The molecule has 39 heavy (non-hydrogen) atoms. The topological polar surface area (TPSA) is 205 Å². The average Bonchev–Trinajstić information content (AvgIpc) is 3.36. The summed E-state index contributed by atoms with van der Waals surface area (Å²) in [7, 11) is -4.00. The smallest absolute Gasteiger partial charge is 0.352 e. The second-order valence-electron chi connectivity index (χ2n) is 8.79. The van der Waals surface area contributed by atoms with Gasteiger partial charge in [-0.25, -0.2) is 9.48 Å². The van der Waals surface area contributed by atoms with Crippen molar-refractivity contribution in [2.24, 2.45) is 0 Å². The zero-order valence-electron chi connectivity index (χ0n) is 20.4. The van der Waals surface area contributed by atoms with E-state index in [2.05, 4.69) is 20.8 Å². The van der Waals surface area contributed by atoms with Gasteiger partial charge < -0.3 is 15.5 Å². The molecule has 2 amide bonds. The number of aliphatic hydroxyl groups excluding tert-OH is 1. The Labute approximate surface area is 232 Å². The molecule has 3 heterocycles. The second kappa shape index (κ2) is 12.5. The zero-order valence-corrected chi connectivity index (χ0v) is 22.9. The number of amides is 2. The van der Waals surface area contributed by atoms with Gasteiger partial charge in [0.15, 0.2) is 6.10 Å². The molecule has 4 rings (SSSR count). The Balaban J connectivity index is 1.36. The van der Waals surface area contributed by atoms with Crippen molar-refractivity contribution in [3.63, 3.8) is 0 Å². The van der Waals surface area contributed by atoms with E-state index in [-0.39, 0.29) is 17.2 Å². The number of nitrogens with zero attached hydrogens (tertiary/aromatic N) is 5. The van der Waals surface area contributed by atoms with Crippen LogP contribution in [0, 0.1) is 0 Å². The van der Waals surface area contributed by atoms with E-state index in [0.717, 1.165) is 4.90 Å². The molecule has 0 radical (unpaired) electrons. The van der Waals surface area contributed by atoms with Crippen LogP contribution in [0.5, 0.6) is 0 Å². The Morgan fingerprint density at radius 1 is 1.21 bits per heavy atom. The maximum Gasteiger partial charge on any atom is 0.352 e. The Kier molecular flexibility index (Phi) is 9.27. The van der Waals surface area contributed by atoms with E-state index in [4.69, 9.17) is 4.55 Å². The van der Waals surface area contributed by atoms with Crippen LogP contribution in [0.15, 0.2) is 46.8 Å². The Hall–Kier alpha value is -2.99. The van der Waals surface area contributed by atoms with Crippen LogP contribution in [-0.4, -0.2) is 94.7 Å². The van der Waals surface area contributed by atoms with Gasteiger partial charge in [0.25, 0.3) is 21.9 Å². The molecule has 1 fully saturated rings. The summed E-state index contributed by atoms with van der Waals surface area (Å²) in [4.78, 5) is 38.7. The molecule has 1 saturated heterocycles. The number of carbonyl (C=O) groups excluding carboxylic acids is 2. The van der Waals surface area contributed by atoms with Crippen LogP contribution in [0.2, 0.25) is 0 Å². The number of benzene rings is 1. The summed E-state index contributed by atoms with van der Waals surface area (Å²) in [6.45, 7) is 0.406. The van der Waals surface area contributed by atoms with Gasteiger partial charge in [-0.1, -0.05) is 48.5 Å². The Bertz CT molecular complexity index is 1370. The fourth-order valence-corrected chi connectivity index (χ4v) is 7.09. The maximum atomic E-state index is 12.9. The van der Waals surface area contributed by atoms with Crippen molar-refractivity contribution in [1.29, 1.82) is 0 Å². The summed E-state index contributed by atoms with van der Waals surface area (Å²) in [5, 5.41) is 34.1. The summed E-state index contributed by atoms with van der Waals surface area (Å²) in [6, 6.07) is 7.31. The van der Waals surface area contributed by atoms with Crippen LogP contribution in [0.1, 0.15) is 30.9 Å². The van der Waals surface area contributed by atoms with Gasteiger partial charge >= 0.3 is 5.97 Å². The number of aliphatic carboxylic acids is 1. The molecular formula is C22H26N6O8S3. The predicted octanol–water partition coefficient (Wildman–Crippen LogP) is 0.296. The predicted molar refractivity (Wildman–Crippen MR) is 140 cm³/mol. The van der Waals surface area contributed by atoms with E-state index in [1.54, 1.807) is 30.3 Å². The number of tetrazole rings is 1. The number of fused-ring (bicyclic) bond motifs is 1. The van der Waals surface area contributed by atoms with Crippen molar-refractivity contribution in [2.75, 3.05) is 17.3 Å². The summed E-state index contributed by atoms with van der Waals surface area (Å²) >= 11 is 2.52. The standard InChI is InChI=1S/C22H26N6O8S3/c29-17(13-7-3-1-4-8-13)18(30)23-15-19(31)28-16(21(32)33)14(11-37-20(15)28)12-38-22-24-25-26-27(22)9-5-2-6-10-39(34,35)36/h1,3-4,7-8,15,17,20,29H,2,5-6,9-12H2,(H,23,30)(H,32,33)(H,34,35,36)/t15?,17?,20-/m1/s1. The van der Waals surface area contributed by atoms with E-state index < -0.39 is 45.4 Å². The molecule has 1 aromatic carbocycles. The second-order valence-corrected chi connectivity index (χ2v) is 12.4. The van der Waals surface area contributed by atoms with Crippen LogP contribution in [-0.2, 0) is 31.0 Å². The van der Waals surface area contributed by atoms with Gasteiger partial charge in [0.2, 0.25) is 5.16 Å². The largest absolute Gasteiger partial charge is 0.477 e. The molecule has 2 aliphatic rings. The van der Waals surface area contributed by atoms with Gasteiger partial charge in [-0.05, 0) is 34.4 Å². The molecule has 2 unspecified atom stereocenters. The van der Waals surface area contributed by atoms with Crippen molar-refractivity contribution in [1.82, 2.24) is 30.4 Å². The number of β-lactam (4-membered cyclic amide) rings is 1. The highest BCUT2D eigenvalue weighted by molar-refractivity contribution is 8.01. The number of hydrogen-bond acceptors (Lipinski definition) is 11. The minimum absolute atomic E-state index is 0.144. The van der Waals surface area contributed by atoms with Crippen LogP contribution in [0.4, 0.5) is 0 Å². The SMILES string of the molecule is O=C(O)C1=C(CSc2nnnn2CCCCCS(=O)(=O)O)CS[C@@H]2C(NC(=O)C(O)c3ccccc3)C(=O)N12. The number of thioether (sulfide) groups is 2. The summed E-state index contributed by atoms with van der Waals surface area (Å²) in [6.07, 6.45) is -0.0550. The van der Waals surface area contributed by atoms with Gasteiger partial charge in [0, 0.05) is 18.1 Å². The van der Waals surface area contributed by atoms with Gasteiger partial charge in [-0.15, -0.1) is 16.9 Å². The molecule has 2 aromatic rings. The van der Waals surface area contributed by atoms with Crippen LogP contribution in [0.25, 0.3) is 0 Å². The van der Waals surface area contributed by atoms with Crippen LogP contribution >= 0.6 is 23.5 Å². The highest BCUT2D eigenvalue weighted by Crippen LogP contribution is 2.41. The van der Waals surface area contributed by atoms with Crippen molar-refractivity contribution in [2.45, 2.75) is 48.5 Å². The fraction of sp³-hybridized carbons (Fsp3) is 0.455. The number of aliphatic hydroxyl groups is 1. The minimum atomic E-state index is -4.00. The molecule has 4 N–H and O–H groups in total. The molecule has 14 nitrogen and oxygen atoms in total. The molecule has 1 aromatic heterocycles. The molecular weight excluding hydrogens is 572 g/mol. The number of carbonyl (C=O) groups is 3.